The fourth-order valence-corrected chi connectivity index (χ4v) is 3.50. The van der Waals surface area contributed by atoms with Crippen molar-refractivity contribution in [3.8, 4) is 17.1 Å². The molecule has 7 nitrogen and oxygen atoms in total. The Labute approximate surface area is 168 Å². The number of aromatic nitrogens is 2. The Morgan fingerprint density at radius 2 is 1.93 bits per heavy atom. The zero-order chi connectivity index (χ0) is 20.2. The number of furan rings is 1. The third-order valence-corrected chi connectivity index (χ3v) is 5.05. The number of benzene rings is 1. The summed E-state index contributed by atoms with van der Waals surface area (Å²) in [5.74, 6) is -0.351. The van der Waals surface area contributed by atoms with E-state index in [0.717, 1.165) is 25.7 Å². The number of nitrogens with one attached hydrogen (secondary N) is 1. The van der Waals surface area contributed by atoms with Gasteiger partial charge in [-0.3, -0.25) is 4.79 Å². The van der Waals surface area contributed by atoms with Gasteiger partial charge in [0.05, 0.1) is 12.0 Å². The molecule has 1 fully saturated rings. The molecular formula is C22H23N3O4. The predicted molar refractivity (Wildman–Crippen MR) is 107 cm³/mol. The minimum atomic E-state index is -0.894. The third-order valence-electron chi connectivity index (χ3n) is 5.05. The van der Waals surface area contributed by atoms with E-state index in [0.29, 0.717) is 17.1 Å². The number of amides is 1. The number of nitrogens with zero attached hydrogens (tertiary/aromatic N) is 2. The van der Waals surface area contributed by atoms with Crippen molar-refractivity contribution in [1.29, 1.82) is 0 Å². The predicted octanol–water partition coefficient (Wildman–Crippen LogP) is 3.74. The number of para-hydroxylation sites is 1. The van der Waals surface area contributed by atoms with Crippen LogP contribution in [0.1, 0.15) is 43.1 Å². The van der Waals surface area contributed by atoms with Gasteiger partial charge < -0.3 is 14.5 Å². The summed E-state index contributed by atoms with van der Waals surface area (Å²) >= 11 is 0. The largest absolute Gasteiger partial charge is 0.463 e. The lowest BCUT2D eigenvalue weighted by molar-refractivity contribution is -0.129. The zero-order valence-electron chi connectivity index (χ0n) is 16.2. The maximum absolute atomic E-state index is 12.9. The average molecular weight is 393 g/mol. The van der Waals surface area contributed by atoms with Crippen LogP contribution in [0.15, 0.2) is 59.2 Å². The minimum absolute atomic E-state index is 0.170. The molecule has 0 bridgehead atoms. The Bertz CT molecular complexity index is 973. The van der Waals surface area contributed by atoms with E-state index in [1.165, 1.54) is 4.68 Å². The number of rotatable bonds is 6. The summed E-state index contributed by atoms with van der Waals surface area (Å²) in [5, 5.41) is 7.46. The lowest BCUT2D eigenvalue weighted by Crippen LogP contribution is -2.41. The van der Waals surface area contributed by atoms with Gasteiger partial charge in [0.1, 0.15) is 5.69 Å². The van der Waals surface area contributed by atoms with Gasteiger partial charge in [-0.1, -0.05) is 31.0 Å². The van der Waals surface area contributed by atoms with Gasteiger partial charge in [-0.05, 0) is 44.0 Å². The van der Waals surface area contributed by atoms with E-state index in [-0.39, 0.29) is 17.6 Å². The first kappa shape index (κ1) is 19.0. The Morgan fingerprint density at radius 3 is 2.62 bits per heavy atom. The average Bonchev–Trinajstić information content (AvgIpc) is 3.49. The van der Waals surface area contributed by atoms with Crippen molar-refractivity contribution in [2.24, 2.45) is 0 Å². The van der Waals surface area contributed by atoms with Crippen molar-refractivity contribution < 1.29 is 18.7 Å². The van der Waals surface area contributed by atoms with Gasteiger partial charge in [-0.25, -0.2) is 9.48 Å². The number of hydrogen-bond acceptors (Lipinski definition) is 5. The highest BCUT2D eigenvalue weighted by Gasteiger charge is 2.26. The Morgan fingerprint density at radius 1 is 1.17 bits per heavy atom. The first-order valence-corrected chi connectivity index (χ1v) is 9.82. The van der Waals surface area contributed by atoms with E-state index in [4.69, 9.17) is 9.15 Å². The molecule has 150 valence electrons. The molecular weight excluding hydrogens is 370 g/mol. The van der Waals surface area contributed by atoms with E-state index in [1.54, 1.807) is 31.4 Å². The van der Waals surface area contributed by atoms with Crippen molar-refractivity contribution >= 4 is 11.9 Å². The molecule has 0 saturated heterocycles. The highest BCUT2D eigenvalue weighted by atomic mass is 16.5. The second kappa shape index (κ2) is 8.34. The van der Waals surface area contributed by atoms with E-state index in [2.05, 4.69) is 10.4 Å². The number of esters is 1. The first-order valence-electron chi connectivity index (χ1n) is 9.82. The molecule has 29 heavy (non-hydrogen) atoms. The van der Waals surface area contributed by atoms with E-state index < -0.39 is 12.1 Å². The molecule has 1 unspecified atom stereocenters. The first-order chi connectivity index (χ1) is 14.1. The Kier molecular flexibility index (Phi) is 5.46. The van der Waals surface area contributed by atoms with Gasteiger partial charge in [-0.2, -0.15) is 5.10 Å². The van der Waals surface area contributed by atoms with Crippen LogP contribution in [0.2, 0.25) is 0 Å². The summed E-state index contributed by atoms with van der Waals surface area (Å²) in [6.45, 7) is 1.58. The van der Waals surface area contributed by atoms with Crippen LogP contribution in [-0.2, 0) is 9.53 Å². The maximum Gasteiger partial charge on any atom is 0.357 e. The quantitative estimate of drug-likeness (QED) is 0.645. The van der Waals surface area contributed by atoms with Crippen molar-refractivity contribution in [3.63, 3.8) is 0 Å². The highest BCUT2D eigenvalue weighted by molar-refractivity contribution is 5.92. The molecule has 1 N–H and O–H groups in total. The summed E-state index contributed by atoms with van der Waals surface area (Å²) in [6.07, 6.45) is 4.83. The molecule has 1 saturated carbocycles. The number of hydrogen-bond donors (Lipinski definition) is 1. The van der Waals surface area contributed by atoms with E-state index in [9.17, 15) is 9.59 Å². The standard InChI is InChI=1S/C22H23N3O4/c1-15(21(26)23-16-8-5-6-9-16)29-22(27)19-14-18(20-12-7-13-28-20)24-25(19)17-10-3-2-4-11-17/h2-4,7,10-16H,5-6,8-9H2,1H3,(H,23,26). The molecule has 1 atom stereocenters. The van der Waals surface area contributed by atoms with Gasteiger partial charge in [0.25, 0.3) is 5.91 Å². The summed E-state index contributed by atoms with van der Waals surface area (Å²) < 4.78 is 12.4. The van der Waals surface area contributed by atoms with Gasteiger partial charge in [0.2, 0.25) is 0 Å². The van der Waals surface area contributed by atoms with E-state index >= 15 is 0 Å². The molecule has 2 heterocycles. The molecule has 0 radical (unpaired) electrons. The second-order valence-electron chi connectivity index (χ2n) is 7.18. The molecule has 1 amide bonds. The van der Waals surface area contributed by atoms with Crippen LogP contribution in [0, 0.1) is 0 Å². The number of carbonyl (C=O) groups is 2. The van der Waals surface area contributed by atoms with Crippen LogP contribution in [0.3, 0.4) is 0 Å². The molecule has 3 aromatic rings. The summed E-state index contributed by atoms with van der Waals surface area (Å²) in [7, 11) is 0. The van der Waals surface area contributed by atoms with E-state index in [1.807, 2.05) is 30.3 Å². The molecule has 1 aromatic carbocycles. The SMILES string of the molecule is CC(OC(=O)c1cc(-c2ccco2)nn1-c1ccccc1)C(=O)NC1CCCC1. The van der Waals surface area contributed by atoms with Crippen molar-refractivity contribution in [1.82, 2.24) is 15.1 Å². The smallest absolute Gasteiger partial charge is 0.357 e. The monoisotopic (exact) mass is 393 g/mol. The molecule has 0 spiro atoms. The van der Waals surface area contributed by atoms with Crippen LogP contribution in [-0.4, -0.2) is 33.8 Å². The van der Waals surface area contributed by atoms with Crippen LogP contribution in [0.5, 0.6) is 0 Å². The van der Waals surface area contributed by atoms with Gasteiger partial charge >= 0.3 is 5.97 Å². The van der Waals surface area contributed by atoms with Crippen molar-refractivity contribution in [2.75, 3.05) is 0 Å². The molecule has 1 aliphatic carbocycles. The van der Waals surface area contributed by atoms with Crippen LogP contribution >= 0.6 is 0 Å². The number of carbonyl (C=O) groups excluding carboxylic acids is 2. The fraction of sp³-hybridized carbons (Fsp3) is 0.318. The third kappa shape index (κ3) is 4.23. The zero-order valence-corrected chi connectivity index (χ0v) is 16.2. The fourth-order valence-electron chi connectivity index (χ4n) is 3.50. The topological polar surface area (TPSA) is 86.4 Å². The minimum Gasteiger partial charge on any atom is -0.463 e. The Balaban J connectivity index is 1.56. The number of ether oxygens (including phenoxy) is 1. The highest BCUT2D eigenvalue weighted by Crippen LogP contribution is 2.23. The van der Waals surface area contributed by atoms with Crippen molar-refractivity contribution in [3.05, 3.63) is 60.5 Å². The normalized spacial score (nSPS) is 15.2. The van der Waals surface area contributed by atoms with Gasteiger partial charge in [0, 0.05) is 12.1 Å². The maximum atomic E-state index is 12.9. The molecule has 7 heteroatoms. The molecule has 1 aliphatic rings. The van der Waals surface area contributed by atoms with Gasteiger partial charge in [-0.15, -0.1) is 0 Å². The summed E-state index contributed by atoms with van der Waals surface area (Å²) in [4.78, 5) is 25.3. The van der Waals surface area contributed by atoms with Crippen LogP contribution in [0.4, 0.5) is 0 Å². The van der Waals surface area contributed by atoms with Crippen LogP contribution in [0.25, 0.3) is 17.1 Å². The lowest BCUT2D eigenvalue weighted by atomic mass is 10.2. The summed E-state index contributed by atoms with van der Waals surface area (Å²) in [6, 6.07) is 14.6. The molecule has 2 aromatic heterocycles. The van der Waals surface area contributed by atoms with Gasteiger partial charge in [0.15, 0.2) is 17.6 Å². The molecule has 0 aliphatic heterocycles. The lowest BCUT2D eigenvalue weighted by Gasteiger charge is -2.17. The van der Waals surface area contributed by atoms with Crippen molar-refractivity contribution in [2.45, 2.75) is 44.8 Å². The van der Waals surface area contributed by atoms with Crippen LogP contribution < -0.4 is 5.32 Å². The second-order valence-corrected chi connectivity index (χ2v) is 7.18. The Hall–Kier alpha value is -3.35. The molecule has 4 rings (SSSR count). The summed E-state index contributed by atoms with van der Waals surface area (Å²) in [5.41, 5.74) is 1.44.